The Morgan fingerprint density at radius 2 is 2.06 bits per heavy atom. The van der Waals surface area contributed by atoms with Gasteiger partial charge in [-0.2, -0.15) is 0 Å². The van der Waals surface area contributed by atoms with Gasteiger partial charge >= 0.3 is 0 Å². The lowest BCUT2D eigenvalue weighted by Crippen LogP contribution is -2.17. The molecule has 0 aliphatic carbocycles. The van der Waals surface area contributed by atoms with E-state index in [9.17, 15) is 0 Å². The van der Waals surface area contributed by atoms with Crippen LogP contribution < -0.4 is 5.32 Å². The number of aromatic nitrogens is 5. The first kappa shape index (κ1) is 12.7. The number of nitrogens with zero attached hydrogens (tertiary/aromatic N) is 5. The van der Waals surface area contributed by atoms with Crippen LogP contribution in [0.25, 0.3) is 5.65 Å². The average Bonchev–Trinajstić information content (AvgIpc) is 2.75. The van der Waals surface area contributed by atoms with Crippen LogP contribution in [0.3, 0.4) is 0 Å². The third-order valence-corrected chi connectivity index (χ3v) is 2.88. The molecule has 0 aliphatic rings. The highest BCUT2D eigenvalue weighted by Crippen LogP contribution is 2.11. The van der Waals surface area contributed by atoms with E-state index in [-0.39, 0.29) is 0 Å². The van der Waals surface area contributed by atoms with Gasteiger partial charge in [0.1, 0.15) is 5.82 Å². The minimum absolute atomic E-state index is 0.408. The van der Waals surface area contributed by atoms with Gasteiger partial charge in [-0.25, -0.2) is 0 Å². The number of anilines is 1. The van der Waals surface area contributed by atoms with E-state index in [0.29, 0.717) is 11.7 Å². The van der Waals surface area contributed by atoms with Gasteiger partial charge in [0.2, 0.25) is 0 Å². The lowest BCUT2D eigenvalue weighted by atomic mass is 10.0. The molecule has 0 spiro atoms. The molecule has 1 unspecified atom stereocenters. The number of nitrogens with one attached hydrogen (secondary N) is 1. The van der Waals surface area contributed by atoms with Crippen molar-refractivity contribution in [2.24, 2.45) is 5.92 Å². The second kappa shape index (κ2) is 5.75. The molecule has 18 heavy (non-hydrogen) atoms. The Labute approximate surface area is 107 Å². The van der Waals surface area contributed by atoms with Crippen LogP contribution in [0.4, 0.5) is 5.82 Å². The Morgan fingerprint density at radius 3 is 2.83 bits per heavy atom. The fourth-order valence-electron chi connectivity index (χ4n) is 1.88. The maximum Gasteiger partial charge on any atom is 0.200 e. The van der Waals surface area contributed by atoms with Gasteiger partial charge in [-0.1, -0.05) is 26.7 Å². The Kier molecular flexibility index (Phi) is 4.07. The predicted molar refractivity (Wildman–Crippen MR) is 70.4 cm³/mol. The Hall–Kier alpha value is -1.72. The molecule has 0 fully saturated rings. The summed E-state index contributed by atoms with van der Waals surface area (Å²) >= 11 is 0. The first-order valence-electron chi connectivity index (χ1n) is 6.47. The van der Waals surface area contributed by atoms with Crippen molar-refractivity contribution in [3.05, 3.63) is 12.1 Å². The Bertz CT molecular complexity index is 492. The van der Waals surface area contributed by atoms with Crippen molar-refractivity contribution >= 4 is 11.5 Å². The largest absolute Gasteiger partial charge is 0.366 e. The first-order chi connectivity index (χ1) is 8.65. The maximum absolute atomic E-state index is 4.29. The van der Waals surface area contributed by atoms with Crippen LogP contribution >= 0.6 is 0 Å². The van der Waals surface area contributed by atoms with Crippen LogP contribution in [0.1, 0.15) is 40.0 Å². The highest BCUT2D eigenvalue weighted by molar-refractivity contribution is 5.42. The summed E-state index contributed by atoms with van der Waals surface area (Å²) in [4.78, 5) is 0. The van der Waals surface area contributed by atoms with E-state index in [2.05, 4.69) is 46.7 Å². The van der Waals surface area contributed by atoms with Crippen LogP contribution in [0.2, 0.25) is 0 Å². The number of tetrazole rings is 1. The fourth-order valence-corrected chi connectivity index (χ4v) is 1.88. The van der Waals surface area contributed by atoms with Gasteiger partial charge in [0.15, 0.2) is 5.65 Å². The van der Waals surface area contributed by atoms with Gasteiger partial charge in [0.05, 0.1) is 0 Å². The normalized spacial score (nSPS) is 13.1. The Morgan fingerprint density at radius 1 is 1.22 bits per heavy atom. The summed E-state index contributed by atoms with van der Waals surface area (Å²) in [6, 6.07) is 4.17. The molecule has 0 aliphatic heterocycles. The molecule has 2 rings (SSSR count). The molecule has 2 heterocycles. The molecule has 2 aromatic heterocycles. The van der Waals surface area contributed by atoms with Gasteiger partial charge in [-0.3, -0.25) is 0 Å². The molecule has 1 N–H and O–H groups in total. The minimum Gasteiger partial charge on any atom is -0.366 e. The summed E-state index contributed by atoms with van der Waals surface area (Å²) in [5.74, 6) is 1.58. The SMILES string of the molecule is CC(C)CCCC(C)Nc1ccc2nnnn2n1. The molecular formula is C12H20N6. The molecule has 6 nitrogen and oxygen atoms in total. The fraction of sp³-hybridized carbons (Fsp3) is 0.667. The van der Waals surface area contributed by atoms with Crippen molar-refractivity contribution < 1.29 is 0 Å². The molecule has 0 aromatic carbocycles. The van der Waals surface area contributed by atoms with E-state index in [0.717, 1.165) is 18.2 Å². The van der Waals surface area contributed by atoms with Gasteiger partial charge < -0.3 is 5.32 Å². The molecule has 98 valence electrons. The maximum atomic E-state index is 4.29. The highest BCUT2D eigenvalue weighted by atomic mass is 15.6. The minimum atomic E-state index is 0.408. The summed E-state index contributed by atoms with van der Waals surface area (Å²) in [6.45, 7) is 6.68. The third-order valence-electron chi connectivity index (χ3n) is 2.88. The van der Waals surface area contributed by atoms with Crippen LogP contribution in [0.15, 0.2) is 12.1 Å². The van der Waals surface area contributed by atoms with E-state index < -0.39 is 0 Å². The lowest BCUT2D eigenvalue weighted by Gasteiger charge is -2.14. The molecule has 0 bridgehead atoms. The zero-order chi connectivity index (χ0) is 13.0. The molecule has 6 heteroatoms. The van der Waals surface area contributed by atoms with E-state index in [1.54, 1.807) is 0 Å². The zero-order valence-electron chi connectivity index (χ0n) is 11.2. The summed E-state index contributed by atoms with van der Waals surface area (Å²) < 4.78 is 1.43. The number of hydrogen-bond donors (Lipinski definition) is 1. The van der Waals surface area contributed by atoms with Gasteiger partial charge in [0.25, 0.3) is 0 Å². The summed E-state index contributed by atoms with van der Waals surface area (Å²) in [7, 11) is 0. The van der Waals surface area contributed by atoms with Crippen molar-refractivity contribution in [2.75, 3.05) is 5.32 Å². The van der Waals surface area contributed by atoms with Crippen molar-refractivity contribution in [1.29, 1.82) is 0 Å². The van der Waals surface area contributed by atoms with Crippen LogP contribution in [0, 0.1) is 5.92 Å². The first-order valence-corrected chi connectivity index (χ1v) is 6.47. The molecule has 0 amide bonds. The van der Waals surface area contributed by atoms with Crippen LogP contribution in [-0.2, 0) is 0 Å². The van der Waals surface area contributed by atoms with Crippen molar-refractivity contribution in [3.8, 4) is 0 Å². The molecule has 2 aromatic rings. The molecular weight excluding hydrogens is 228 g/mol. The number of hydrogen-bond acceptors (Lipinski definition) is 5. The summed E-state index contributed by atoms with van der Waals surface area (Å²) in [6.07, 6.45) is 3.65. The quantitative estimate of drug-likeness (QED) is 0.848. The van der Waals surface area contributed by atoms with Crippen molar-refractivity contribution in [3.63, 3.8) is 0 Å². The van der Waals surface area contributed by atoms with Crippen LogP contribution in [0.5, 0.6) is 0 Å². The van der Waals surface area contributed by atoms with Gasteiger partial charge in [0, 0.05) is 6.04 Å². The predicted octanol–water partition coefficient (Wildman–Crippen LogP) is 2.15. The topological polar surface area (TPSA) is 68.0 Å². The summed E-state index contributed by atoms with van der Waals surface area (Å²) in [5.41, 5.74) is 0.660. The standard InChI is InChI=1S/C12H20N6/c1-9(2)5-4-6-10(3)13-11-7-8-12-14-16-17-18(12)15-11/h7-10H,4-6H2,1-3H3,(H,13,15). The average molecular weight is 248 g/mol. The Balaban J connectivity index is 1.87. The smallest absolute Gasteiger partial charge is 0.200 e. The lowest BCUT2D eigenvalue weighted by molar-refractivity contribution is 0.519. The zero-order valence-corrected chi connectivity index (χ0v) is 11.2. The summed E-state index contributed by atoms with van der Waals surface area (Å²) in [5, 5.41) is 18.8. The van der Waals surface area contributed by atoms with E-state index in [4.69, 9.17) is 0 Å². The monoisotopic (exact) mass is 248 g/mol. The molecule has 1 atom stereocenters. The van der Waals surface area contributed by atoms with Gasteiger partial charge in [-0.05, 0) is 41.8 Å². The number of fused-ring (bicyclic) bond motifs is 1. The molecule has 0 radical (unpaired) electrons. The number of rotatable bonds is 6. The molecule has 0 saturated carbocycles. The van der Waals surface area contributed by atoms with E-state index in [1.807, 2.05) is 12.1 Å². The van der Waals surface area contributed by atoms with Crippen LogP contribution in [-0.4, -0.2) is 31.3 Å². The van der Waals surface area contributed by atoms with E-state index in [1.165, 1.54) is 17.5 Å². The van der Waals surface area contributed by atoms with Crippen molar-refractivity contribution in [1.82, 2.24) is 25.3 Å². The molecule has 0 saturated heterocycles. The van der Waals surface area contributed by atoms with Gasteiger partial charge in [-0.15, -0.1) is 14.8 Å². The van der Waals surface area contributed by atoms with E-state index >= 15 is 0 Å². The van der Waals surface area contributed by atoms with Crippen molar-refractivity contribution in [2.45, 2.75) is 46.1 Å². The third kappa shape index (κ3) is 3.38. The second-order valence-electron chi connectivity index (χ2n) is 5.12. The second-order valence-corrected chi connectivity index (χ2v) is 5.12. The highest BCUT2D eigenvalue weighted by Gasteiger charge is 2.05.